The predicted octanol–water partition coefficient (Wildman–Crippen LogP) is 3.33. The van der Waals surface area contributed by atoms with E-state index in [1.807, 2.05) is 0 Å². The Kier molecular flexibility index (Phi) is 4.80. The number of nitrogens with one attached hydrogen (secondary N) is 1. The Balaban J connectivity index is 1.74. The van der Waals surface area contributed by atoms with Gasteiger partial charge in [-0.1, -0.05) is 0 Å². The highest BCUT2D eigenvalue weighted by Gasteiger charge is 2.20. The Hall–Kier alpha value is -2.36. The number of ketones is 1. The topological polar surface area (TPSA) is 76.4 Å². The maximum Gasteiger partial charge on any atom is 0.243 e. The van der Waals surface area contributed by atoms with Crippen molar-refractivity contribution in [2.75, 3.05) is 0 Å². The molecule has 0 radical (unpaired) electrons. The molecule has 2 aromatic heterocycles. The molecule has 1 aromatic carbocycles. The summed E-state index contributed by atoms with van der Waals surface area (Å²) in [4.78, 5) is 12.3. The number of furan rings is 1. The first-order valence-electron chi connectivity index (χ1n) is 6.98. The van der Waals surface area contributed by atoms with Gasteiger partial charge >= 0.3 is 0 Å². The largest absolute Gasteiger partial charge is 0.461 e. The number of halogens is 2. The molecule has 0 spiro atoms. The van der Waals surface area contributed by atoms with Crippen LogP contribution in [0.2, 0.25) is 0 Å². The Morgan fingerprint density at radius 3 is 2.68 bits per heavy atom. The van der Waals surface area contributed by atoms with Crippen LogP contribution in [0.25, 0.3) is 0 Å². The van der Waals surface area contributed by atoms with E-state index in [1.54, 1.807) is 18.2 Å². The average molecular weight is 383 g/mol. The van der Waals surface area contributed by atoms with Crippen molar-refractivity contribution in [1.82, 2.24) is 4.72 Å². The van der Waals surface area contributed by atoms with Crippen molar-refractivity contribution in [3.8, 4) is 0 Å². The highest BCUT2D eigenvalue weighted by Crippen LogP contribution is 2.21. The third kappa shape index (κ3) is 3.84. The van der Waals surface area contributed by atoms with Crippen molar-refractivity contribution in [2.24, 2.45) is 0 Å². The minimum absolute atomic E-state index is 0.158. The van der Waals surface area contributed by atoms with Gasteiger partial charge in [-0.05, 0) is 42.5 Å². The molecule has 0 unspecified atom stereocenters. The van der Waals surface area contributed by atoms with Crippen molar-refractivity contribution in [1.29, 1.82) is 0 Å². The molecular formula is C16H11F2NO4S2. The first-order valence-corrected chi connectivity index (χ1v) is 9.28. The van der Waals surface area contributed by atoms with E-state index in [1.165, 1.54) is 12.3 Å². The highest BCUT2D eigenvalue weighted by molar-refractivity contribution is 7.89. The zero-order valence-electron chi connectivity index (χ0n) is 12.5. The number of sulfonamides is 1. The molecule has 25 heavy (non-hydrogen) atoms. The van der Waals surface area contributed by atoms with E-state index in [0.29, 0.717) is 15.8 Å². The molecular weight excluding hydrogens is 372 g/mol. The van der Waals surface area contributed by atoms with Crippen LogP contribution in [0, 0.1) is 11.6 Å². The summed E-state index contributed by atoms with van der Waals surface area (Å²) in [7, 11) is -4.23. The van der Waals surface area contributed by atoms with E-state index in [2.05, 4.69) is 4.72 Å². The zero-order chi connectivity index (χ0) is 18.0. The van der Waals surface area contributed by atoms with Crippen LogP contribution < -0.4 is 4.72 Å². The molecule has 0 bridgehead atoms. The summed E-state index contributed by atoms with van der Waals surface area (Å²) in [6, 6.07) is 8.42. The third-order valence-electron chi connectivity index (χ3n) is 3.25. The molecule has 0 saturated carbocycles. The van der Waals surface area contributed by atoms with Crippen LogP contribution in [0.1, 0.15) is 20.3 Å². The normalized spacial score (nSPS) is 11.6. The standard InChI is InChI=1S/C16H11F2NO4S2/c17-10-3-5-12(18)15(8-10)25(21,22)19-9-11-4-6-14(24-11)16(20)13-2-1-7-23-13/h1-8,19H,9H2. The summed E-state index contributed by atoms with van der Waals surface area (Å²) in [5.74, 6) is -2.05. The molecule has 130 valence electrons. The molecule has 3 rings (SSSR count). The Bertz CT molecular complexity index is 1010. The van der Waals surface area contributed by atoms with Gasteiger partial charge in [0.15, 0.2) is 5.76 Å². The summed E-state index contributed by atoms with van der Waals surface area (Å²) in [5.41, 5.74) is 0. The van der Waals surface area contributed by atoms with Gasteiger partial charge in [-0.3, -0.25) is 4.79 Å². The molecule has 2 heterocycles. The minimum Gasteiger partial charge on any atom is -0.461 e. The number of carbonyl (C=O) groups is 1. The second kappa shape index (κ2) is 6.87. The summed E-state index contributed by atoms with van der Waals surface area (Å²) >= 11 is 1.08. The lowest BCUT2D eigenvalue weighted by Gasteiger charge is -2.06. The molecule has 3 aromatic rings. The highest BCUT2D eigenvalue weighted by atomic mass is 32.2. The van der Waals surface area contributed by atoms with E-state index in [0.717, 1.165) is 23.5 Å². The Morgan fingerprint density at radius 2 is 1.96 bits per heavy atom. The third-order valence-corrected chi connectivity index (χ3v) is 5.75. The van der Waals surface area contributed by atoms with Gasteiger partial charge in [0.2, 0.25) is 15.8 Å². The molecule has 0 aliphatic rings. The number of carbonyl (C=O) groups excluding carboxylic acids is 1. The summed E-state index contributed by atoms with van der Waals surface area (Å²) in [5, 5.41) is 0. The second-order valence-corrected chi connectivity index (χ2v) is 7.88. The predicted molar refractivity (Wildman–Crippen MR) is 86.8 cm³/mol. The van der Waals surface area contributed by atoms with E-state index in [-0.39, 0.29) is 18.1 Å². The maximum absolute atomic E-state index is 13.6. The molecule has 1 N–H and O–H groups in total. The number of rotatable bonds is 6. The first kappa shape index (κ1) is 17.5. The van der Waals surface area contributed by atoms with Crippen molar-refractivity contribution in [3.05, 3.63) is 75.9 Å². The van der Waals surface area contributed by atoms with Gasteiger partial charge in [0.1, 0.15) is 16.5 Å². The van der Waals surface area contributed by atoms with Crippen LogP contribution in [0.5, 0.6) is 0 Å². The number of benzene rings is 1. The van der Waals surface area contributed by atoms with Crippen molar-refractivity contribution in [2.45, 2.75) is 11.4 Å². The van der Waals surface area contributed by atoms with Crippen molar-refractivity contribution >= 4 is 27.1 Å². The Morgan fingerprint density at radius 1 is 1.16 bits per heavy atom. The molecule has 0 fully saturated rings. The van der Waals surface area contributed by atoms with E-state index < -0.39 is 26.6 Å². The van der Waals surface area contributed by atoms with Gasteiger partial charge in [-0.25, -0.2) is 21.9 Å². The van der Waals surface area contributed by atoms with Crippen LogP contribution in [0.3, 0.4) is 0 Å². The summed E-state index contributed by atoms with van der Waals surface area (Å²) < 4.78 is 58.2. The van der Waals surface area contributed by atoms with Crippen LogP contribution in [-0.4, -0.2) is 14.2 Å². The van der Waals surface area contributed by atoms with E-state index in [4.69, 9.17) is 4.42 Å². The minimum atomic E-state index is -4.23. The van der Waals surface area contributed by atoms with Gasteiger partial charge in [-0.2, -0.15) is 0 Å². The lowest BCUT2D eigenvalue weighted by Crippen LogP contribution is -2.24. The van der Waals surface area contributed by atoms with Gasteiger partial charge in [-0.15, -0.1) is 11.3 Å². The van der Waals surface area contributed by atoms with Crippen molar-refractivity contribution in [3.63, 3.8) is 0 Å². The number of hydrogen-bond donors (Lipinski definition) is 1. The van der Waals surface area contributed by atoms with Gasteiger partial charge in [0.25, 0.3) is 0 Å². The molecule has 0 atom stereocenters. The first-order chi connectivity index (χ1) is 11.9. The second-order valence-electron chi connectivity index (χ2n) is 4.97. The fourth-order valence-electron chi connectivity index (χ4n) is 2.05. The van der Waals surface area contributed by atoms with Crippen LogP contribution in [0.4, 0.5) is 8.78 Å². The van der Waals surface area contributed by atoms with E-state index in [9.17, 15) is 22.0 Å². The zero-order valence-corrected chi connectivity index (χ0v) is 14.2. The van der Waals surface area contributed by atoms with Crippen LogP contribution in [-0.2, 0) is 16.6 Å². The lowest BCUT2D eigenvalue weighted by atomic mass is 10.2. The summed E-state index contributed by atoms with van der Waals surface area (Å²) in [6.45, 7) is -0.158. The molecule has 5 nitrogen and oxygen atoms in total. The molecule has 0 saturated heterocycles. The number of hydrogen-bond acceptors (Lipinski definition) is 5. The molecule has 0 aliphatic carbocycles. The average Bonchev–Trinajstić information content (AvgIpc) is 3.26. The fourth-order valence-corrected chi connectivity index (χ4v) is 4.13. The summed E-state index contributed by atoms with van der Waals surface area (Å²) in [6.07, 6.45) is 1.38. The smallest absolute Gasteiger partial charge is 0.243 e. The molecule has 0 amide bonds. The lowest BCUT2D eigenvalue weighted by molar-refractivity contribution is 0.101. The van der Waals surface area contributed by atoms with Crippen LogP contribution >= 0.6 is 11.3 Å². The van der Waals surface area contributed by atoms with Gasteiger partial charge in [0.05, 0.1) is 11.1 Å². The van der Waals surface area contributed by atoms with Gasteiger partial charge in [0, 0.05) is 11.4 Å². The maximum atomic E-state index is 13.6. The Labute approximate surface area is 146 Å². The quantitative estimate of drug-likeness (QED) is 0.663. The molecule has 0 aliphatic heterocycles. The monoisotopic (exact) mass is 383 g/mol. The molecule has 9 heteroatoms. The fraction of sp³-hybridized carbons (Fsp3) is 0.0625. The van der Waals surface area contributed by atoms with Gasteiger partial charge < -0.3 is 4.42 Å². The van der Waals surface area contributed by atoms with Crippen molar-refractivity contribution < 1.29 is 26.4 Å². The van der Waals surface area contributed by atoms with Crippen LogP contribution in [0.15, 0.2) is 58.0 Å². The number of thiophene rings is 1. The van der Waals surface area contributed by atoms with E-state index >= 15 is 0 Å². The SMILES string of the molecule is O=C(c1ccco1)c1ccc(CNS(=O)(=O)c2cc(F)ccc2F)s1.